The number of ether oxygens (including phenoxy) is 2. The van der Waals surface area contributed by atoms with Crippen LogP contribution >= 0.6 is 0 Å². The van der Waals surface area contributed by atoms with Crippen LogP contribution in [0.25, 0.3) is 0 Å². The maximum absolute atomic E-state index is 12.7. The normalized spacial score (nSPS) is 19.7. The maximum atomic E-state index is 12.7. The van der Waals surface area contributed by atoms with Crippen LogP contribution in [0.5, 0.6) is 5.75 Å². The molecular weight excluding hydrogens is 396 g/mol. The van der Waals surface area contributed by atoms with Crippen molar-refractivity contribution in [2.45, 2.75) is 44.2 Å². The summed E-state index contributed by atoms with van der Waals surface area (Å²) in [4.78, 5) is 36.6. The number of benzene rings is 2. The minimum atomic E-state index is -1.22. The van der Waals surface area contributed by atoms with Gasteiger partial charge in [0.25, 0.3) is 11.8 Å². The second-order valence-corrected chi connectivity index (χ2v) is 8.23. The Balaban J connectivity index is 1.24. The summed E-state index contributed by atoms with van der Waals surface area (Å²) in [6, 6.07) is 14.9. The molecule has 0 aromatic heterocycles. The number of rotatable bonds is 8. The van der Waals surface area contributed by atoms with E-state index in [0.717, 1.165) is 24.0 Å². The van der Waals surface area contributed by atoms with Gasteiger partial charge in [0, 0.05) is 19.0 Å². The molecule has 0 saturated heterocycles. The van der Waals surface area contributed by atoms with Gasteiger partial charge in [0.2, 0.25) is 0 Å². The lowest BCUT2D eigenvalue weighted by atomic mass is 9.89. The van der Waals surface area contributed by atoms with Crippen LogP contribution in [0.1, 0.15) is 41.3 Å². The van der Waals surface area contributed by atoms with Gasteiger partial charge in [-0.2, -0.15) is 0 Å². The van der Waals surface area contributed by atoms with Crippen LogP contribution < -0.4 is 15.4 Å². The molecule has 1 unspecified atom stereocenters. The quantitative estimate of drug-likeness (QED) is 0.636. The standard InChI is InChI=1S/C24H26N2O5/c1-24(14-17-4-2-3-5-20(17)22(28)31-24)23(29)25-13-12-16-6-10-19(11-7-16)30-15-21(27)26-18-8-9-18/h2-7,10-11,18H,8-9,12-15H2,1H3,(H,25,29)(H,26,27). The number of cyclic esters (lactones) is 1. The Morgan fingerprint density at radius 3 is 2.61 bits per heavy atom. The van der Waals surface area contributed by atoms with E-state index in [0.29, 0.717) is 36.7 Å². The van der Waals surface area contributed by atoms with E-state index < -0.39 is 11.6 Å². The second-order valence-electron chi connectivity index (χ2n) is 8.23. The zero-order valence-corrected chi connectivity index (χ0v) is 17.5. The maximum Gasteiger partial charge on any atom is 0.339 e. The fourth-order valence-corrected chi connectivity index (χ4v) is 3.56. The first-order valence-electron chi connectivity index (χ1n) is 10.5. The summed E-state index contributed by atoms with van der Waals surface area (Å²) in [5.74, 6) is -0.259. The molecule has 1 heterocycles. The molecule has 7 nitrogen and oxygen atoms in total. The first-order chi connectivity index (χ1) is 14.9. The zero-order valence-electron chi connectivity index (χ0n) is 17.5. The monoisotopic (exact) mass is 422 g/mol. The van der Waals surface area contributed by atoms with Crippen molar-refractivity contribution < 1.29 is 23.9 Å². The number of hydrogen-bond acceptors (Lipinski definition) is 5. The van der Waals surface area contributed by atoms with Gasteiger partial charge in [0.1, 0.15) is 5.75 Å². The molecule has 1 atom stereocenters. The Kier molecular flexibility index (Phi) is 5.93. The molecule has 162 valence electrons. The van der Waals surface area contributed by atoms with Crippen LogP contribution in [0.2, 0.25) is 0 Å². The Bertz CT molecular complexity index is 984. The van der Waals surface area contributed by atoms with E-state index in [1.54, 1.807) is 19.1 Å². The average Bonchev–Trinajstić information content (AvgIpc) is 3.57. The van der Waals surface area contributed by atoms with Crippen molar-refractivity contribution in [1.29, 1.82) is 0 Å². The van der Waals surface area contributed by atoms with E-state index in [4.69, 9.17) is 9.47 Å². The Morgan fingerprint density at radius 1 is 1.13 bits per heavy atom. The first-order valence-corrected chi connectivity index (χ1v) is 10.5. The third-order valence-corrected chi connectivity index (χ3v) is 5.50. The molecular formula is C24H26N2O5. The van der Waals surface area contributed by atoms with E-state index in [1.807, 2.05) is 36.4 Å². The molecule has 2 aromatic rings. The molecule has 0 spiro atoms. The summed E-state index contributed by atoms with van der Waals surface area (Å²) in [7, 11) is 0. The minimum absolute atomic E-state index is 0.00629. The van der Waals surface area contributed by atoms with Gasteiger partial charge in [-0.25, -0.2) is 4.79 Å². The lowest BCUT2D eigenvalue weighted by molar-refractivity contribution is -0.139. The van der Waals surface area contributed by atoms with Gasteiger partial charge in [-0.1, -0.05) is 30.3 Å². The van der Waals surface area contributed by atoms with Crippen LogP contribution in [0.3, 0.4) is 0 Å². The highest BCUT2D eigenvalue weighted by molar-refractivity contribution is 5.97. The molecule has 0 radical (unpaired) electrons. The predicted molar refractivity (Wildman–Crippen MR) is 114 cm³/mol. The molecule has 1 saturated carbocycles. The minimum Gasteiger partial charge on any atom is -0.484 e. The van der Waals surface area contributed by atoms with Crippen molar-refractivity contribution in [2.75, 3.05) is 13.2 Å². The summed E-state index contributed by atoms with van der Waals surface area (Å²) in [6.07, 6.45) is 3.06. The van der Waals surface area contributed by atoms with Crippen LogP contribution in [0.4, 0.5) is 0 Å². The van der Waals surface area contributed by atoms with Gasteiger partial charge >= 0.3 is 5.97 Å². The van der Waals surface area contributed by atoms with Crippen LogP contribution in [0, 0.1) is 0 Å². The largest absolute Gasteiger partial charge is 0.484 e. The number of amides is 2. The average molecular weight is 422 g/mol. The van der Waals surface area contributed by atoms with Crippen molar-refractivity contribution in [3.63, 3.8) is 0 Å². The fraction of sp³-hybridized carbons (Fsp3) is 0.375. The van der Waals surface area contributed by atoms with Crippen molar-refractivity contribution in [3.05, 3.63) is 65.2 Å². The van der Waals surface area contributed by atoms with Crippen LogP contribution in [0.15, 0.2) is 48.5 Å². The molecule has 1 aliphatic carbocycles. The summed E-state index contributed by atoms with van der Waals surface area (Å²) in [5.41, 5.74) is 1.13. The first kappa shape index (κ1) is 20.9. The lowest BCUT2D eigenvalue weighted by Gasteiger charge is -2.33. The number of carbonyl (C=O) groups excluding carboxylic acids is 3. The smallest absolute Gasteiger partial charge is 0.339 e. The van der Waals surface area contributed by atoms with Crippen molar-refractivity contribution in [1.82, 2.24) is 10.6 Å². The molecule has 2 amide bonds. The van der Waals surface area contributed by atoms with Crippen molar-refractivity contribution in [3.8, 4) is 5.75 Å². The van der Waals surface area contributed by atoms with E-state index in [9.17, 15) is 14.4 Å². The molecule has 2 aromatic carbocycles. The number of esters is 1. The van der Waals surface area contributed by atoms with Crippen molar-refractivity contribution >= 4 is 17.8 Å². The van der Waals surface area contributed by atoms with Crippen LogP contribution in [-0.2, 0) is 27.2 Å². The number of fused-ring (bicyclic) bond motifs is 1. The van der Waals surface area contributed by atoms with Gasteiger partial charge in [-0.3, -0.25) is 9.59 Å². The topological polar surface area (TPSA) is 93.7 Å². The third-order valence-electron chi connectivity index (χ3n) is 5.50. The highest BCUT2D eigenvalue weighted by Crippen LogP contribution is 2.28. The van der Waals surface area contributed by atoms with Gasteiger partial charge in [-0.05, 0) is 55.5 Å². The van der Waals surface area contributed by atoms with Gasteiger partial charge in [0.05, 0.1) is 5.56 Å². The predicted octanol–water partition coefficient (Wildman–Crippen LogP) is 2.17. The molecule has 0 bridgehead atoms. The SMILES string of the molecule is CC1(C(=O)NCCc2ccc(OCC(=O)NC3CC3)cc2)Cc2ccccc2C(=O)O1. The van der Waals surface area contributed by atoms with E-state index >= 15 is 0 Å². The molecule has 31 heavy (non-hydrogen) atoms. The number of carbonyl (C=O) groups is 3. The molecule has 7 heteroatoms. The van der Waals surface area contributed by atoms with Gasteiger partial charge in [-0.15, -0.1) is 0 Å². The molecule has 1 aliphatic heterocycles. The van der Waals surface area contributed by atoms with Crippen LogP contribution in [-0.4, -0.2) is 42.6 Å². The Morgan fingerprint density at radius 2 is 1.87 bits per heavy atom. The lowest BCUT2D eigenvalue weighted by Crippen LogP contribution is -2.52. The van der Waals surface area contributed by atoms with E-state index in [1.165, 1.54) is 0 Å². The summed E-state index contributed by atoms with van der Waals surface area (Å²) in [6.45, 7) is 2.06. The number of hydrogen-bond donors (Lipinski definition) is 2. The summed E-state index contributed by atoms with van der Waals surface area (Å²) in [5, 5.41) is 5.75. The Labute approximate surface area is 181 Å². The fourth-order valence-electron chi connectivity index (χ4n) is 3.56. The zero-order chi connectivity index (χ0) is 21.8. The highest BCUT2D eigenvalue weighted by atomic mass is 16.6. The van der Waals surface area contributed by atoms with E-state index in [-0.39, 0.29) is 18.4 Å². The molecule has 2 N–H and O–H groups in total. The molecule has 2 aliphatic rings. The molecule has 4 rings (SSSR count). The van der Waals surface area contributed by atoms with Gasteiger partial charge in [0.15, 0.2) is 12.2 Å². The third kappa shape index (κ3) is 5.23. The Hall–Kier alpha value is -3.35. The summed E-state index contributed by atoms with van der Waals surface area (Å²) >= 11 is 0. The highest BCUT2D eigenvalue weighted by Gasteiger charge is 2.42. The second kappa shape index (κ2) is 8.79. The summed E-state index contributed by atoms with van der Waals surface area (Å²) < 4.78 is 10.9. The molecule has 1 fully saturated rings. The number of nitrogens with one attached hydrogen (secondary N) is 2. The van der Waals surface area contributed by atoms with Gasteiger partial charge < -0.3 is 20.1 Å². The van der Waals surface area contributed by atoms with E-state index in [2.05, 4.69) is 10.6 Å². The van der Waals surface area contributed by atoms with Crippen molar-refractivity contribution in [2.24, 2.45) is 0 Å².